The van der Waals surface area contributed by atoms with Gasteiger partial charge in [-0.2, -0.15) is 0 Å². The Bertz CT molecular complexity index is 513. The Hall–Kier alpha value is -1.50. The van der Waals surface area contributed by atoms with Gasteiger partial charge in [-0.25, -0.2) is 8.78 Å². The van der Waals surface area contributed by atoms with Crippen LogP contribution < -0.4 is 10.6 Å². The number of amides is 2. The number of benzene rings is 1. The van der Waals surface area contributed by atoms with Crippen molar-refractivity contribution in [2.45, 2.75) is 20.3 Å². The minimum atomic E-state index is -0.955. The largest absolute Gasteiger partial charge is 0.356 e. The van der Waals surface area contributed by atoms with Gasteiger partial charge in [0, 0.05) is 24.0 Å². The summed E-state index contributed by atoms with van der Waals surface area (Å²) in [5, 5.41) is 5.00. The summed E-state index contributed by atoms with van der Waals surface area (Å²) in [6, 6.07) is 2.01. The van der Waals surface area contributed by atoms with Gasteiger partial charge in [0.15, 0.2) is 0 Å². The molecule has 0 aliphatic rings. The maximum atomic E-state index is 13.5. The Balaban J connectivity index is 2.50. The van der Waals surface area contributed by atoms with E-state index in [-0.39, 0.29) is 23.3 Å². The molecule has 0 unspecified atom stereocenters. The molecule has 0 aromatic heterocycles. The topological polar surface area (TPSA) is 58.2 Å². The standard InChI is InChI=1S/C14H17BrF2N2O2/c1-8(2)7-19-12(20)3-4-18-14(21)13-10(16)5-9(15)6-11(13)17/h5-6,8H,3-4,7H2,1-2H3,(H,18,21)(H,19,20). The van der Waals surface area contributed by atoms with E-state index in [1.807, 2.05) is 13.8 Å². The fourth-order valence-corrected chi connectivity index (χ4v) is 1.95. The van der Waals surface area contributed by atoms with E-state index in [4.69, 9.17) is 0 Å². The smallest absolute Gasteiger partial charge is 0.257 e. The van der Waals surface area contributed by atoms with Gasteiger partial charge in [-0.15, -0.1) is 0 Å². The van der Waals surface area contributed by atoms with Crippen LogP contribution in [0.15, 0.2) is 16.6 Å². The molecule has 0 fully saturated rings. The van der Waals surface area contributed by atoms with Crippen LogP contribution in [0.25, 0.3) is 0 Å². The molecule has 1 aromatic carbocycles. The van der Waals surface area contributed by atoms with Crippen LogP contribution in [0.3, 0.4) is 0 Å². The van der Waals surface area contributed by atoms with Gasteiger partial charge in [0.05, 0.1) is 0 Å². The molecule has 0 aliphatic heterocycles. The molecule has 0 atom stereocenters. The maximum Gasteiger partial charge on any atom is 0.257 e. The highest BCUT2D eigenvalue weighted by Gasteiger charge is 2.18. The summed E-state index contributed by atoms with van der Waals surface area (Å²) in [5.41, 5.74) is -0.652. The number of halogens is 3. The number of nitrogens with one attached hydrogen (secondary N) is 2. The van der Waals surface area contributed by atoms with E-state index in [1.54, 1.807) is 0 Å². The van der Waals surface area contributed by atoms with E-state index in [9.17, 15) is 18.4 Å². The first-order chi connectivity index (χ1) is 9.81. The molecule has 7 heteroatoms. The second kappa shape index (κ2) is 8.07. The van der Waals surface area contributed by atoms with Crippen molar-refractivity contribution in [1.29, 1.82) is 0 Å². The molecule has 0 aliphatic carbocycles. The van der Waals surface area contributed by atoms with Crippen molar-refractivity contribution < 1.29 is 18.4 Å². The molecular formula is C14H17BrF2N2O2. The van der Waals surface area contributed by atoms with Crippen molar-refractivity contribution >= 4 is 27.7 Å². The molecule has 0 heterocycles. The van der Waals surface area contributed by atoms with Crippen LogP contribution >= 0.6 is 15.9 Å². The van der Waals surface area contributed by atoms with Crippen molar-refractivity contribution in [3.05, 3.63) is 33.8 Å². The summed E-state index contributed by atoms with van der Waals surface area (Å²) in [6.45, 7) is 4.47. The highest BCUT2D eigenvalue weighted by atomic mass is 79.9. The Kier molecular flexibility index (Phi) is 6.74. The van der Waals surface area contributed by atoms with E-state index in [2.05, 4.69) is 26.6 Å². The van der Waals surface area contributed by atoms with Crippen LogP contribution in [-0.2, 0) is 4.79 Å². The van der Waals surface area contributed by atoms with Crippen molar-refractivity contribution in [2.24, 2.45) is 5.92 Å². The van der Waals surface area contributed by atoms with E-state index in [1.165, 1.54) is 0 Å². The number of hydrogen-bond acceptors (Lipinski definition) is 2. The minimum Gasteiger partial charge on any atom is -0.356 e. The van der Waals surface area contributed by atoms with E-state index < -0.39 is 23.1 Å². The van der Waals surface area contributed by atoms with Crippen molar-refractivity contribution in [3.63, 3.8) is 0 Å². The van der Waals surface area contributed by atoms with E-state index in [0.717, 1.165) is 12.1 Å². The predicted octanol–water partition coefficient (Wildman–Crippen LogP) is 2.62. The van der Waals surface area contributed by atoms with Gasteiger partial charge < -0.3 is 10.6 Å². The minimum absolute atomic E-state index is 0.0116. The SMILES string of the molecule is CC(C)CNC(=O)CCNC(=O)c1c(F)cc(Br)cc1F. The average Bonchev–Trinajstić information content (AvgIpc) is 2.35. The first kappa shape index (κ1) is 17.6. The Labute approximate surface area is 130 Å². The summed E-state index contributed by atoms with van der Waals surface area (Å²) in [7, 11) is 0. The molecular weight excluding hydrogens is 346 g/mol. The molecule has 2 amide bonds. The summed E-state index contributed by atoms with van der Waals surface area (Å²) >= 11 is 2.93. The summed E-state index contributed by atoms with van der Waals surface area (Å²) < 4.78 is 27.3. The first-order valence-corrected chi connectivity index (χ1v) is 7.30. The lowest BCUT2D eigenvalue weighted by molar-refractivity contribution is -0.121. The number of carbonyl (C=O) groups is 2. The fourth-order valence-electron chi connectivity index (χ4n) is 1.54. The van der Waals surface area contributed by atoms with Gasteiger partial charge in [-0.1, -0.05) is 29.8 Å². The quantitative estimate of drug-likeness (QED) is 0.817. The molecule has 4 nitrogen and oxygen atoms in total. The van der Waals surface area contributed by atoms with Gasteiger partial charge in [-0.3, -0.25) is 9.59 Å². The summed E-state index contributed by atoms with van der Waals surface area (Å²) in [5.74, 6) is -2.68. The first-order valence-electron chi connectivity index (χ1n) is 6.50. The third-order valence-corrected chi connectivity index (χ3v) is 3.04. The third-order valence-electron chi connectivity index (χ3n) is 2.58. The van der Waals surface area contributed by atoms with Crippen LogP contribution in [0.5, 0.6) is 0 Å². The molecule has 2 N–H and O–H groups in total. The van der Waals surface area contributed by atoms with Gasteiger partial charge in [0.2, 0.25) is 5.91 Å². The fraction of sp³-hybridized carbons (Fsp3) is 0.429. The van der Waals surface area contributed by atoms with Gasteiger partial charge in [0.1, 0.15) is 17.2 Å². The lowest BCUT2D eigenvalue weighted by Crippen LogP contribution is -2.33. The summed E-state index contributed by atoms with van der Waals surface area (Å²) in [4.78, 5) is 23.1. The zero-order chi connectivity index (χ0) is 16.0. The maximum absolute atomic E-state index is 13.5. The second-order valence-corrected chi connectivity index (χ2v) is 5.86. The molecule has 0 radical (unpaired) electrons. The molecule has 0 saturated carbocycles. The Morgan fingerprint density at radius 3 is 2.29 bits per heavy atom. The van der Waals surface area contributed by atoms with Crippen molar-refractivity contribution in [1.82, 2.24) is 10.6 Å². The van der Waals surface area contributed by atoms with Gasteiger partial charge in [0.25, 0.3) is 5.91 Å². The lowest BCUT2D eigenvalue weighted by Gasteiger charge is -2.09. The van der Waals surface area contributed by atoms with Gasteiger partial charge >= 0.3 is 0 Å². The summed E-state index contributed by atoms with van der Waals surface area (Å²) in [6.07, 6.45) is 0.0538. The molecule has 1 aromatic rings. The van der Waals surface area contributed by atoms with Crippen molar-refractivity contribution in [2.75, 3.05) is 13.1 Å². The molecule has 1 rings (SSSR count). The monoisotopic (exact) mass is 362 g/mol. The van der Waals surface area contributed by atoms with Crippen LogP contribution in [0.1, 0.15) is 30.6 Å². The Morgan fingerprint density at radius 2 is 1.76 bits per heavy atom. The van der Waals surface area contributed by atoms with E-state index >= 15 is 0 Å². The van der Waals surface area contributed by atoms with Crippen LogP contribution in [0.2, 0.25) is 0 Å². The zero-order valence-corrected chi connectivity index (χ0v) is 13.4. The molecule has 116 valence electrons. The molecule has 21 heavy (non-hydrogen) atoms. The third kappa shape index (κ3) is 5.79. The lowest BCUT2D eigenvalue weighted by atomic mass is 10.2. The van der Waals surface area contributed by atoms with Gasteiger partial charge in [-0.05, 0) is 18.1 Å². The van der Waals surface area contributed by atoms with Crippen LogP contribution in [-0.4, -0.2) is 24.9 Å². The second-order valence-electron chi connectivity index (χ2n) is 4.95. The average molecular weight is 363 g/mol. The number of hydrogen-bond donors (Lipinski definition) is 2. The highest BCUT2D eigenvalue weighted by molar-refractivity contribution is 9.10. The van der Waals surface area contributed by atoms with Crippen LogP contribution in [0.4, 0.5) is 8.78 Å². The van der Waals surface area contributed by atoms with E-state index in [0.29, 0.717) is 12.5 Å². The number of carbonyl (C=O) groups excluding carboxylic acids is 2. The molecule has 0 spiro atoms. The molecule has 0 saturated heterocycles. The predicted molar refractivity (Wildman–Crippen MR) is 78.9 cm³/mol. The molecule has 0 bridgehead atoms. The highest BCUT2D eigenvalue weighted by Crippen LogP contribution is 2.19. The number of rotatable bonds is 6. The zero-order valence-electron chi connectivity index (χ0n) is 11.8. The van der Waals surface area contributed by atoms with Crippen molar-refractivity contribution in [3.8, 4) is 0 Å². The van der Waals surface area contributed by atoms with Crippen LogP contribution in [0, 0.1) is 17.6 Å². The normalized spacial score (nSPS) is 10.6. The Morgan fingerprint density at radius 1 is 1.19 bits per heavy atom.